The van der Waals surface area contributed by atoms with Crippen LogP contribution in [0, 0.1) is 0 Å². The lowest BCUT2D eigenvalue weighted by Crippen LogP contribution is -2.14. The van der Waals surface area contributed by atoms with Gasteiger partial charge in [0.1, 0.15) is 12.1 Å². The molecule has 1 atom stereocenters. The highest BCUT2D eigenvalue weighted by atomic mass is 15.0. The molecule has 0 saturated carbocycles. The Balaban J connectivity index is 2.66. The van der Waals surface area contributed by atoms with Crippen LogP contribution in [-0.4, -0.2) is 16.0 Å². The van der Waals surface area contributed by atoms with E-state index in [9.17, 15) is 0 Å². The Morgan fingerprint density at radius 2 is 2.15 bits per heavy atom. The molecule has 1 heterocycles. The molecule has 0 amide bonds. The quantitative estimate of drug-likeness (QED) is 0.770. The highest BCUT2D eigenvalue weighted by Crippen LogP contribution is 2.06. The minimum atomic E-state index is 0.472. The molecule has 72 valence electrons. The third kappa shape index (κ3) is 3.01. The molecule has 1 N–H and O–H groups in total. The van der Waals surface area contributed by atoms with E-state index in [2.05, 4.69) is 36.1 Å². The second-order valence-corrected chi connectivity index (χ2v) is 3.20. The van der Waals surface area contributed by atoms with Gasteiger partial charge >= 0.3 is 0 Å². The second-order valence-electron chi connectivity index (χ2n) is 3.20. The van der Waals surface area contributed by atoms with Crippen molar-refractivity contribution < 1.29 is 0 Å². The Bertz CT molecular complexity index is 260. The third-order valence-electron chi connectivity index (χ3n) is 2.09. The summed E-state index contributed by atoms with van der Waals surface area (Å²) in [4.78, 5) is 8.29. The molecular formula is C10H17N3. The first kappa shape index (κ1) is 9.96. The van der Waals surface area contributed by atoms with E-state index >= 15 is 0 Å². The molecule has 13 heavy (non-hydrogen) atoms. The summed E-state index contributed by atoms with van der Waals surface area (Å²) in [5.74, 6) is 0.932. The molecular weight excluding hydrogens is 162 g/mol. The van der Waals surface area contributed by atoms with Gasteiger partial charge in [-0.1, -0.05) is 13.8 Å². The van der Waals surface area contributed by atoms with Crippen molar-refractivity contribution in [2.45, 2.75) is 39.7 Å². The standard InChI is InChI=1S/C10H17N3/c1-4-8(3)13-10-6-9(5-2)11-7-12-10/h6-8H,4-5H2,1-3H3,(H,11,12,13). The molecule has 3 heteroatoms. The maximum Gasteiger partial charge on any atom is 0.129 e. The Kier molecular flexibility index (Phi) is 3.68. The lowest BCUT2D eigenvalue weighted by Gasteiger charge is -2.11. The smallest absolute Gasteiger partial charge is 0.129 e. The van der Waals surface area contributed by atoms with Crippen LogP contribution < -0.4 is 5.32 Å². The molecule has 1 aromatic heterocycles. The molecule has 0 fully saturated rings. The van der Waals surface area contributed by atoms with Crippen molar-refractivity contribution in [3.63, 3.8) is 0 Å². The van der Waals surface area contributed by atoms with Crippen LogP contribution >= 0.6 is 0 Å². The van der Waals surface area contributed by atoms with Gasteiger partial charge in [-0.15, -0.1) is 0 Å². The Morgan fingerprint density at radius 1 is 1.38 bits per heavy atom. The number of hydrogen-bond donors (Lipinski definition) is 1. The zero-order valence-corrected chi connectivity index (χ0v) is 8.54. The summed E-state index contributed by atoms with van der Waals surface area (Å²) in [6.45, 7) is 6.39. The van der Waals surface area contributed by atoms with Crippen LogP contribution in [0.3, 0.4) is 0 Å². The largest absolute Gasteiger partial charge is 0.368 e. The van der Waals surface area contributed by atoms with E-state index < -0.39 is 0 Å². The number of aromatic nitrogens is 2. The van der Waals surface area contributed by atoms with Gasteiger partial charge in [-0.25, -0.2) is 9.97 Å². The van der Waals surface area contributed by atoms with Gasteiger partial charge in [0.05, 0.1) is 0 Å². The van der Waals surface area contributed by atoms with E-state index in [-0.39, 0.29) is 0 Å². The normalized spacial score (nSPS) is 12.5. The fraction of sp³-hybridized carbons (Fsp3) is 0.600. The molecule has 0 aliphatic rings. The van der Waals surface area contributed by atoms with Gasteiger partial charge in [-0.2, -0.15) is 0 Å². The van der Waals surface area contributed by atoms with Crippen LogP contribution in [0.25, 0.3) is 0 Å². The Labute approximate surface area is 79.6 Å². The summed E-state index contributed by atoms with van der Waals surface area (Å²) < 4.78 is 0. The first-order valence-corrected chi connectivity index (χ1v) is 4.83. The van der Waals surface area contributed by atoms with Crippen molar-refractivity contribution in [2.24, 2.45) is 0 Å². The zero-order chi connectivity index (χ0) is 9.68. The molecule has 1 rings (SSSR count). The predicted octanol–water partition coefficient (Wildman–Crippen LogP) is 2.25. The van der Waals surface area contributed by atoms with Gasteiger partial charge in [0.25, 0.3) is 0 Å². The van der Waals surface area contributed by atoms with Crippen LogP contribution in [0.15, 0.2) is 12.4 Å². The van der Waals surface area contributed by atoms with Crippen LogP contribution in [-0.2, 0) is 6.42 Å². The monoisotopic (exact) mass is 179 g/mol. The molecule has 0 aliphatic carbocycles. The summed E-state index contributed by atoms with van der Waals surface area (Å²) in [5, 5.41) is 3.32. The van der Waals surface area contributed by atoms with Crippen molar-refractivity contribution in [2.75, 3.05) is 5.32 Å². The first-order chi connectivity index (χ1) is 6.26. The highest BCUT2D eigenvalue weighted by molar-refractivity contribution is 5.35. The van der Waals surface area contributed by atoms with E-state index in [0.29, 0.717) is 6.04 Å². The lowest BCUT2D eigenvalue weighted by atomic mass is 10.2. The van der Waals surface area contributed by atoms with Crippen LogP contribution in [0.2, 0.25) is 0 Å². The number of aryl methyl sites for hydroxylation is 1. The molecule has 0 saturated heterocycles. The average Bonchev–Trinajstić information content (AvgIpc) is 2.18. The van der Waals surface area contributed by atoms with Gasteiger partial charge in [0.15, 0.2) is 0 Å². The maximum atomic E-state index is 4.15. The second kappa shape index (κ2) is 4.80. The van der Waals surface area contributed by atoms with Crippen LogP contribution in [0.5, 0.6) is 0 Å². The lowest BCUT2D eigenvalue weighted by molar-refractivity contribution is 0.757. The molecule has 3 nitrogen and oxygen atoms in total. The third-order valence-corrected chi connectivity index (χ3v) is 2.09. The first-order valence-electron chi connectivity index (χ1n) is 4.83. The molecule has 0 spiro atoms. The zero-order valence-electron chi connectivity index (χ0n) is 8.54. The number of anilines is 1. The summed E-state index contributed by atoms with van der Waals surface area (Å²) in [5.41, 5.74) is 1.08. The van der Waals surface area contributed by atoms with E-state index in [1.807, 2.05) is 6.07 Å². The predicted molar refractivity (Wildman–Crippen MR) is 54.8 cm³/mol. The number of rotatable bonds is 4. The van der Waals surface area contributed by atoms with E-state index in [4.69, 9.17) is 0 Å². The van der Waals surface area contributed by atoms with Crippen LogP contribution in [0.1, 0.15) is 32.9 Å². The average molecular weight is 179 g/mol. The van der Waals surface area contributed by atoms with Gasteiger partial charge < -0.3 is 5.32 Å². The molecule has 0 aromatic carbocycles. The maximum absolute atomic E-state index is 4.15. The van der Waals surface area contributed by atoms with E-state index in [1.165, 1.54) is 0 Å². The van der Waals surface area contributed by atoms with Crippen molar-refractivity contribution in [1.82, 2.24) is 9.97 Å². The number of nitrogens with zero attached hydrogens (tertiary/aromatic N) is 2. The van der Waals surface area contributed by atoms with Gasteiger partial charge in [-0.3, -0.25) is 0 Å². The van der Waals surface area contributed by atoms with Gasteiger partial charge in [-0.05, 0) is 19.8 Å². The highest BCUT2D eigenvalue weighted by Gasteiger charge is 2.00. The Hall–Kier alpha value is -1.12. The number of nitrogens with one attached hydrogen (secondary N) is 1. The van der Waals surface area contributed by atoms with Crippen molar-refractivity contribution in [1.29, 1.82) is 0 Å². The van der Waals surface area contributed by atoms with Crippen LogP contribution in [0.4, 0.5) is 5.82 Å². The topological polar surface area (TPSA) is 37.8 Å². The van der Waals surface area contributed by atoms with Gasteiger partial charge in [0, 0.05) is 17.8 Å². The molecule has 1 unspecified atom stereocenters. The van der Waals surface area contributed by atoms with Gasteiger partial charge in [0.2, 0.25) is 0 Å². The fourth-order valence-corrected chi connectivity index (χ4v) is 1.02. The molecule has 0 radical (unpaired) electrons. The Morgan fingerprint density at radius 3 is 2.77 bits per heavy atom. The summed E-state index contributed by atoms with van der Waals surface area (Å²) in [6, 6.07) is 2.48. The van der Waals surface area contributed by atoms with E-state index in [0.717, 1.165) is 24.4 Å². The summed E-state index contributed by atoms with van der Waals surface area (Å²) >= 11 is 0. The molecule has 0 aliphatic heterocycles. The minimum absolute atomic E-state index is 0.472. The fourth-order valence-electron chi connectivity index (χ4n) is 1.02. The molecule has 0 bridgehead atoms. The van der Waals surface area contributed by atoms with Crippen molar-refractivity contribution in [3.8, 4) is 0 Å². The van der Waals surface area contributed by atoms with Crippen molar-refractivity contribution >= 4 is 5.82 Å². The minimum Gasteiger partial charge on any atom is -0.368 e. The number of hydrogen-bond acceptors (Lipinski definition) is 3. The van der Waals surface area contributed by atoms with Crippen molar-refractivity contribution in [3.05, 3.63) is 18.1 Å². The van der Waals surface area contributed by atoms with E-state index in [1.54, 1.807) is 6.33 Å². The SMILES string of the molecule is CCc1cc(NC(C)CC)ncn1. The summed E-state index contributed by atoms with van der Waals surface area (Å²) in [6.07, 6.45) is 3.67. The molecule has 1 aromatic rings. The summed E-state index contributed by atoms with van der Waals surface area (Å²) in [7, 11) is 0.